The highest BCUT2D eigenvalue weighted by Gasteiger charge is 2.15. The Balaban J connectivity index is 2.20. The smallest absolute Gasteiger partial charge is 0.186 e. The highest BCUT2D eigenvalue weighted by molar-refractivity contribution is 5.84. The van der Waals surface area contributed by atoms with Crippen molar-refractivity contribution in [3.63, 3.8) is 0 Å². The number of rotatable bonds is 13. The zero-order valence-electron chi connectivity index (χ0n) is 14.2. The lowest BCUT2D eigenvalue weighted by molar-refractivity contribution is -0.126. The van der Waals surface area contributed by atoms with Crippen molar-refractivity contribution in [3.05, 3.63) is 29.8 Å². The molecule has 0 aliphatic carbocycles. The molecule has 130 valence electrons. The molecule has 4 heteroatoms. The number of Topliss-reactive ketones (excluding diaryl/α,β-unsaturated/α-hetero) is 1. The lowest BCUT2D eigenvalue weighted by atomic mass is 10.0. The topological polar surface area (TPSA) is 66.8 Å². The Hall–Kier alpha value is -1.39. The van der Waals surface area contributed by atoms with Gasteiger partial charge in [-0.15, -0.1) is 0 Å². The first-order chi connectivity index (χ1) is 11.2. The zero-order chi connectivity index (χ0) is 16.9. The molecule has 23 heavy (non-hydrogen) atoms. The minimum atomic E-state index is -0.862. The van der Waals surface area contributed by atoms with E-state index >= 15 is 0 Å². The highest BCUT2D eigenvalue weighted by atomic mass is 16.6. The van der Waals surface area contributed by atoms with Crippen LogP contribution in [0.25, 0.3) is 0 Å². The van der Waals surface area contributed by atoms with Crippen molar-refractivity contribution in [1.82, 2.24) is 0 Å². The van der Waals surface area contributed by atoms with Gasteiger partial charge in [-0.1, -0.05) is 64.0 Å². The fourth-order valence-electron chi connectivity index (χ4n) is 2.55. The molecule has 0 bridgehead atoms. The van der Waals surface area contributed by atoms with Gasteiger partial charge in [0.25, 0.3) is 0 Å². The molecule has 0 saturated carbocycles. The first-order valence-electron chi connectivity index (χ1n) is 8.70. The average Bonchev–Trinajstić information content (AvgIpc) is 2.56. The Kier molecular flexibility index (Phi) is 10.3. The summed E-state index contributed by atoms with van der Waals surface area (Å²) in [7, 11) is 0. The minimum Gasteiger partial charge on any atom is -0.468 e. The van der Waals surface area contributed by atoms with Crippen LogP contribution in [0.4, 0.5) is 0 Å². The monoisotopic (exact) mass is 322 g/mol. The average molecular weight is 322 g/mol. The Bertz CT molecular complexity index is 428. The maximum absolute atomic E-state index is 12.0. The van der Waals surface area contributed by atoms with E-state index in [0.29, 0.717) is 12.2 Å². The zero-order valence-corrected chi connectivity index (χ0v) is 14.2. The summed E-state index contributed by atoms with van der Waals surface area (Å²) in [6.45, 7) is 1.84. The first kappa shape index (κ1) is 19.7. The molecule has 0 aliphatic rings. The van der Waals surface area contributed by atoms with Crippen LogP contribution in [0.1, 0.15) is 63.9 Å². The van der Waals surface area contributed by atoms with Gasteiger partial charge in [0, 0.05) is 6.42 Å². The molecule has 1 aromatic rings. The van der Waals surface area contributed by atoms with Gasteiger partial charge in [0.2, 0.25) is 0 Å². The van der Waals surface area contributed by atoms with E-state index in [1.807, 2.05) is 0 Å². The van der Waals surface area contributed by atoms with E-state index in [1.54, 1.807) is 24.3 Å². The Labute approximate surface area is 139 Å². The third-order valence-electron chi connectivity index (χ3n) is 3.99. The fraction of sp³-hybridized carbons (Fsp3) is 0.632. The molecule has 0 radical (unpaired) electrons. The summed E-state index contributed by atoms with van der Waals surface area (Å²) in [5, 5.41) is 18.6. The largest absolute Gasteiger partial charge is 0.468 e. The van der Waals surface area contributed by atoms with Crippen molar-refractivity contribution >= 4 is 5.78 Å². The molecule has 0 saturated heterocycles. The number of aliphatic hydroxyl groups is 2. The quantitative estimate of drug-likeness (QED) is 0.430. The van der Waals surface area contributed by atoms with Gasteiger partial charge in [-0.05, 0) is 24.1 Å². The molecule has 2 N–H and O–H groups in total. The standard InChI is InChI=1S/C19H30O4/c1-2-3-4-5-6-7-8-9-18(21)19(22)14-16-10-12-17(13-11-16)23-15-20/h10-13,18,20-21H,2-9,14-15H2,1H3. The number of ether oxygens (including phenoxy) is 1. The van der Waals surface area contributed by atoms with Crippen LogP contribution in [-0.2, 0) is 11.2 Å². The van der Waals surface area contributed by atoms with Crippen molar-refractivity contribution in [2.45, 2.75) is 70.8 Å². The second-order valence-corrected chi connectivity index (χ2v) is 5.99. The molecule has 1 aromatic carbocycles. The van der Waals surface area contributed by atoms with Gasteiger partial charge in [-0.2, -0.15) is 0 Å². The summed E-state index contributed by atoms with van der Waals surface area (Å²) in [4.78, 5) is 12.0. The summed E-state index contributed by atoms with van der Waals surface area (Å²) in [6, 6.07) is 6.98. The molecule has 0 heterocycles. The summed E-state index contributed by atoms with van der Waals surface area (Å²) in [5.41, 5.74) is 0.846. The number of carbonyl (C=O) groups is 1. The molecule has 4 nitrogen and oxygen atoms in total. The van der Waals surface area contributed by atoms with E-state index < -0.39 is 6.10 Å². The molecule has 0 spiro atoms. The number of carbonyl (C=O) groups excluding carboxylic acids is 1. The van der Waals surface area contributed by atoms with Crippen LogP contribution in [0.3, 0.4) is 0 Å². The molecule has 0 amide bonds. The van der Waals surface area contributed by atoms with Gasteiger partial charge >= 0.3 is 0 Å². The number of aliphatic hydroxyl groups excluding tert-OH is 2. The number of benzene rings is 1. The normalized spacial score (nSPS) is 12.1. The van der Waals surface area contributed by atoms with Gasteiger partial charge in [0.15, 0.2) is 12.6 Å². The predicted octanol–water partition coefficient (Wildman–Crippen LogP) is 3.63. The lowest BCUT2D eigenvalue weighted by Gasteiger charge is -2.10. The number of unbranched alkanes of at least 4 members (excludes halogenated alkanes) is 6. The number of ketones is 1. The number of hydrogen-bond acceptors (Lipinski definition) is 4. The van der Waals surface area contributed by atoms with Crippen LogP contribution < -0.4 is 4.74 Å². The van der Waals surface area contributed by atoms with Crippen LogP contribution in [0.15, 0.2) is 24.3 Å². The van der Waals surface area contributed by atoms with Crippen molar-refractivity contribution in [1.29, 1.82) is 0 Å². The molecule has 0 aromatic heterocycles. The van der Waals surface area contributed by atoms with E-state index in [2.05, 4.69) is 6.92 Å². The summed E-state index contributed by atoms with van der Waals surface area (Å²) in [6.07, 6.45) is 8.18. The van der Waals surface area contributed by atoms with Crippen molar-refractivity contribution in [3.8, 4) is 5.75 Å². The molecule has 1 unspecified atom stereocenters. The fourth-order valence-corrected chi connectivity index (χ4v) is 2.55. The lowest BCUT2D eigenvalue weighted by Crippen LogP contribution is -2.22. The molecular weight excluding hydrogens is 292 g/mol. The van der Waals surface area contributed by atoms with Gasteiger partial charge in [0.05, 0.1) is 0 Å². The van der Waals surface area contributed by atoms with Gasteiger partial charge < -0.3 is 14.9 Å². The summed E-state index contributed by atoms with van der Waals surface area (Å²) in [5.74, 6) is 0.430. The van der Waals surface area contributed by atoms with Gasteiger partial charge in [-0.3, -0.25) is 4.79 Å². The van der Waals surface area contributed by atoms with Crippen molar-refractivity contribution in [2.75, 3.05) is 6.79 Å². The van der Waals surface area contributed by atoms with E-state index in [4.69, 9.17) is 9.84 Å². The Morgan fingerprint density at radius 3 is 2.26 bits per heavy atom. The predicted molar refractivity (Wildman–Crippen MR) is 91.5 cm³/mol. The summed E-state index contributed by atoms with van der Waals surface area (Å²) < 4.78 is 4.94. The van der Waals surface area contributed by atoms with E-state index in [-0.39, 0.29) is 19.0 Å². The summed E-state index contributed by atoms with van der Waals surface area (Å²) >= 11 is 0. The van der Waals surface area contributed by atoms with Crippen molar-refractivity contribution in [2.24, 2.45) is 0 Å². The van der Waals surface area contributed by atoms with Gasteiger partial charge in [-0.25, -0.2) is 0 Å². The third-order valence-corrected chi connectivity index (χ3v) is 3.99. The highest BCUT2D eigenvalue weighted by Crippen LogP contribution is 2.14. The van der Waals surface area contributed by atoms with Crippen LogP contribution in [0, 0.1) is 0 Å². The van der Waals surface area contributed by atoms with E-state index in [0.717, 1.165) is 18.4 Å². The molecular formula is C19H30O4. The van der Waals surface area contributed by atoms with Crippen LogP contribution in [0.5, 0.6) is 5.75 Å². The van der Waals surface area contributed by atoms with E-state index in [9.17, 15) is 9.90 Å². The number of hydrogen-bond donors (Lipinski definition) is 2. The molecule has 1 rings (SSSR count). The minimum absolute atomic E-state index is 0.133. The van der Waals surface area contributed by atoms with Crippen LogP contribution in [0.2, 0.25) is 0 Å². The maximum Gasteiger partial charge on any atom is 0.186 e. The molecule has 1 atom stereocenters. The Morgan fingerprint density at radius 2 is 1.65 bits per heavy atom. The Morgan fingerprint density at radius 1 is 1.04 bits per heavy atom. The second kappa shape index (κ2) is 12.1. The molecule has 0 aliphatic heterocycles. The maximum atomic E-state index is 12.0. The SMILES string of the molecule is CCCCCCCCCC(O)C(=O)Cc1ccc(OCO)cc1. The van der Waals surface area contributed by atoms with Gasteiger partial charge in [0.1, 0.15) is 11.9 Å². The van der Waals surface area contributed by atoms with E-state index in [1.165, 1.54) is 32.1 Å². The second-order valence-electron chi connectivity index (χ2n) is 5.99. The first-order valence-corrected chi connectivity index (χ1v) is 8.70. The third kappa shape index (κ3) is 8.72. The van der Waals surface area contributed by atoms with Crippen LogP contribution >= 0.6 is 0 Å². The molecule has 0 fully saturated rings. The van der Waals surface area contributed by atoms with Crippen LogP contribution in [-0.4, -0.2) is 28.9 Å². The van der Waals surface area contributed by atoms with Crippen molar-refractivity contribution < 1.29 is 19.7 Å².